The highest BCUT2D eigenvalue weighted by Gasteiger charge is 2.35. The lowest BCUT2D eigenvalue weighted by Crippen LogP contribution is -2.38. The molecule has 24 heavy (non-hydrogen) atoms. The molecule has 3 aromatic rings. The smallest absolute Gasteiger partial charge is 0.302 e. The molecule has 0 fully saturated rings. The van der Waals surface area contributed by atoms with Gasteiger partial charge in [-0.1, -0.05) is 15.9 Å². The zero-order valence-electron chi connectivity index (χ0n) is 12.1. The molecular formula is C14H9BrF3N3O2S. The van der Waals surface area contributed by atoms with Crippen LogP contribution in [0.3, 0.4) is 0 Å². The molecule has 0 saturated carbocycles. The Morgan fingerprint density at radius 2 is 2.04 bits per heavy atom. The van der Waals surface area contributed by atoms with Gasteiger partial charge in [0, 0.05) is 16.3 Å². The first-order valence-electron chi connectivity index (χ1n) is 6.62. The molecule has 2 heterocycles. The van der Waals surface area contributed by atoms with Gasteiger partial charge in [-0.05, 0) is 36.7 Å². The molecule has 3 rings (SSSR count). The average Bonchev–Trinajstić information content (AvgIpc) is 2.92. The van der Waals surface area contributed by atoms with Crippen molar-refractivity contribution < 1.29 is 13.2 Å². The summed E-state index contributed by atoms with van der Waals surface area (Å²) in [5, 5.41) is 1.21. The molecule has 0 aliphatic heterocycles. The molecule has 126 valence electrons. The van der Waals surface area contributed by atoms with Gasteiger partial charge in [0.2, 0.25) is 0 Å². The number of alkyl halides is 4. The van der Waals surface area contributed by atoms with Crippen molar-refractivity contribution in [1.82, 2.24) is 13.9 Å². The number of aromatic nitrogens is 3. The van der Waals surface area contributed by atoms with Crippen LogP contribution in [0.25, 0.3) is 15.8 Å². The molecule has 10 heteroatoms. The van der Waals surface area contributed by atoms with Crippen LogP contribution in [0.4, 0.5) is 13.2 Å². The first kappa shape index (κ1) is 16.9. The van der Waals surface area contributed by atoms with Gasteiger partial charge in [0.15, 0.2) is 0 Å². The number of hydrogen-bond donors (Lipinski definition) is 1. The molecule has 2 aromatic heterocycles. The van der Waals surface area contributed by atoms with E-state index in [0.717, 1.165) is 22.7 Å². The Morgan fingerprint density at radius 3 is 2.67 bits per heavy atom. The minimum Gasteiger partial charge on any atom is -0.302 e. The summed E-state index contributed by atoms with van der Waals surface area (Å²) in [4.78, 5) is 26.1. The summed E-state index contributed by atoms with van der Waals surface area (Å²) in [6, 6.07) is 4.74. The number of fused-ring (bicyclic) bond motifs is 1. The lowest BCUT2D eigenvalue weighted by molar-refractivity contribution is -0.142. The van der Waals surface area contributed by atoms with E-state index < -0.39 is 28.7 Å². The van der Waals surface area contributed by atoms with Crippen molar-refractivity contribution in [1.29, 1.82) is 0 Å². The van der Waals surface area contributed by atoms with Crippen LogP contribution >= 0.6 is 27.5 Å². The monoisotopic (exact) mass is 419 g/mol. The summed E-state index contributed by atoms with van der Waals surface area (Å²) in [5.41, 5.74) is -3.12. The molecule has 0 unspecified atom stereocenters. The number of benzene rings is 1. The number of rotatable bonds is 2. The maximum Gasteiger partial charge on any atom is 0.431 e. The van der Waals surface area contributed by atoms with Crippen LogP contribution in [0.2, 0.25) is 0 Å². The molecule has 5 nitrogen and oxygen atoms in total. The highest BCUT2D eigenvalue weighted by Crippen LogP contribution is 2.29. The predicted octanol–water partition coefficient (Wildman–Crippen LogP) is 3.36. The lowest BCUT2D eigenvalue weighted by atomic mass is 10.2. The van der Waals surface area contributed by atoms with Crippen molar-refractivity contribution in [3.8, 4) is 5.69 Å². The minimum atomic E-state index is -4.80. The van der Waals surface area contributed by atoms with Crippen molar-refractivity contribution in [3.05, 3.63) is 56.0 Å². The van der Waals surface area contributed by atoms with E-state index in [1.54, 1.807) is 17.1 Å². The number of nitrogens with zero attached hydrogens (tertiary/aromatic N) is 2. The zero-order valence-corrected chi connectivity index (χ0v) is 14.5. The maximum atomic E-state index is 12.9. The quantitative estimate of drug-likeness (QED) is 0.647. The van der Waals surface area contributed by atoms with Crippen molar-refractivity contribution in [2.75, 3.05) is 0 Å². The van der Waals surface area contributed by atoms with Gasteiger partial charge in [0.25, 0.3) is 5.56 Å². The topological polar surface area (TPSA) is 67.8 Å². The second-order valence-electron chi connectivity index (χ2n) is 5.01. The number of nitrogens with one attached hydrogen (secondary N) is 1. The maximum absolute atomic E-state index is 12.9. The average molecular weight is 420 g/mol. The van der Waals surface area contributed by atoms with E-state index in [9.17, 15) is 22.8 Å². The Balaban J connectivity index is 2.29. The Labute approximate surface area is 145 Å². The van der Waals surface area contributed by atoms with Crippen LogP contribution in [-0.2, 0) is 11.5 Å². The summed E-state index contributed by atoms with van der Waals surface area (Å²) in [7, 11) is 0. The van der Waals surface area contributed by atoms with Gasteiger partial charge in [-0.15, -0.1) is 0 Å². The SMILES string of the molecule is Cc1c(C(F)(F)F)[nH]c(=O)n(-c2ccc3snc(CBr)c3c2)c1=O. The summed E-state index contributed by atoms with van der Waals surface area (Å²) in [6.45, 7) is 1.03. The Bertz CT molecular complexity index is 1050. The van der Waals surface area contributed by atoms with E-state index in [1.807, 2.05) is 0 Å². The summed E-state index contributed by atoms with van der Waals surface area (Å²) in [6.07, 6.45) is -4.80. The normalized spacial score (nSPS) is 12.0. The van der Waals surface area contributed by atoms with Crippen molar-refractivity contribution in [2.45, 2.75) is 18.4 Å². The van der Waals surface area contributed by atoms with E-state index in [-0.39, 0.29) is 5.69 Å². The first-order valence-corrected chi connectivity index (χ1v) is 8.51. The van der Waals surface area contributed by atoms with Crippen LogP contribution in [-0.4, -0.2) is 13.9 Å². The fraction of sp³-hybridized carbons (Fsp3) is 0.214. The van der Waals surface area contributed by atoms with Crippen molar-refractivity contribution >= 4 is 37.5 Å². The third-order valence-electron chi connectivity index (χ3n) is 3.53. The Morgan fingerprint density at radius 1 is 1.33 bits per heavy atom. The molecule has 0 amide bonds. The molecule has 0 aliphatic carbocycles. The zero-order chi connectivity index (χ0) is 17.6. The van der Waals surface area contributed by atoms with Gasteiger partial charge in [-0.3, -0.25) is 4.79 Å². The third-order valence-corrected chi connectivity index (χ3v) is 4.93. The summed E-state index contributed by atoms with van der Waals surface area (Å²) in [5.74, 6) is 0. The molecule has 0 saturated heterocycles. The summed E-state index contributed by atoms with van der Waals surface area (Å²) < 4.78 is 44.4. The molecule has 0 spiro atoms. The Hall–Kier alpha value is -1.94. The Kier molecular flexibility index (Phi) is 4.12. The van der Waals surface area contributed by atoms with Gasteiger partial charge in [0.05, 0.1) is 16.1 Å². The lowest BCUT2D eigenvalue weighted by Gasteiger charge is -2.12. The largest absolute Gasteiger partial charge is 0.431 e. The fourth-order valence-corrected chi connectivity index (χ4v) is 3.72. The molecule has 0 radical (unpaired) electrons. The molecule has 1 N–H and O–H groups in total. The van der Waals surface area contributed by atoms with E-state index in [2.05, 4.69) is 20.3 Å². The second-order valence-corrected chi connectivity index (χ2v) is 6.38. The van der Waals surface area contributed by atoms with E-state index in [4.69, 9.17) is 0 Å². The second kappa shape index (κ2) is 5.85. The molecule has 0 bridgehead atoms. The minimum absolute atomic E-state index is 0.188. The van der Waals surface area contributed by atoms with Gasteiger partial charge in [-0.2, -0.15) is 17.5 Å². The van der Waals surface area contributed by atoms with Gasteiger partial charge >= 0.3 is 11.9 Å². The van der Waals surface area contributed by atoms with E-state index in [1.165, 1.54) is 17.6 Å². The van der Waals surface area contributed by atoms with Crippen LogP contribution < -0.4 is 11.2 Å². The predicted molar refractivity (Wildman–Crippen MR) is 88.2 cm³/mol. The van der Waals surface area contributed by atoms with Crippen LogP contribution in [0.1, 0.15) is 17.0 Å². The van der Waals surface area contributed by atoms with E-state index in [0.29, 0.717) is 9.90 Å². The highest BCUT2D eigenvalue weighted by atomic mass is 79.9. The highest BCUT2D eigenvalue weighted by molar-refractivity contribution is 9.08. The number of aromatic amines is 1. The number of halogens is 4. The standard InChI is InChI=1S/C14H9BrF3N3O2S/c1-6-11(14(16,17)18)19-13(23)21(12(6)22)7-2-3-10-8(4-7)9(5-15)20-24-10/h2-4H,5H2,1H3,(H,19,23). The number of H-pyrrole nitrogens is 1. The van der Waals surface area contributed by atoms with Gasteiger partial charge in [-0.25, -0.2) is 9.36 Å². The molecular weight excluding hydrogens is 411 g/mol. The number of hydrogen-bond acceptors (Lipinski definition) is 4. The third kappa shape index (κ3) is 2.69. The molecule has 1 aromatic carbocycles. The van der Waals surface area contributed by atoms with Crippen LogP contribution in [0.15, 0.2) is 27.8 Å². The molecule has 0 aliphatic rings. The van der Waals surface area contributed by atoms with Crippen molar-refractivity contribution in [2.24, 2.45) is 0 Å². The molecule has 0 atom stereocenters. The van der Waals surface area contributed by atoms with Crippen LogP contribution in [0.5, 0.6) is 0 Å². The van der Waals surface area contributed by atoms with Gasteiger partial charge in [0.1, 0.15) is 5.69 Å². The van der Waals surface area contributed by atoms with Crippen molar-refractivity contribution in [3.63, 3.8) is 0 Å². The van der Waals surface area contributed by atoms with Crippen LogP contribution in [0, 0.1) is 6.92 Å². The van der Waals surface area contributed by atoms with Gasteiger partial charge < -0.3 is 4.98 Å². The summed E-state index contributed by atoms with van der Waals surface area (Å²) >= 11 is 4.55. The van der Waals surface area contributed by atoms with E-state index >= 15 is 0 Å². The first-order chi connectivity index (χ1) is 11.2. The fourth-order valence-electron chi connectivity index (χ4n) is 2.35.